The summed E-state index contributed by atoms with van der Waals surface area (Å²) in [7, 11) is 0. The van der Waals surface area contributed by atoms with Crippen molar-refractivity contribution in [2.75, 3.05) is 0 Å². The number of rotatable bonds is 2. The third-order valence-electron chi connectivity index (χ3n) is 2.01. The van der Waals surface area contributed by atoms with E-state index in [4.69, 9.17) is 9.78 Å². The maximum absolute atomic E-state index is 5.12. The number of fused-ring (bicyclic) bond motifs is 1. The standard InChI is InChI=1S/C11H11O2/c1-2-5-10-8-9-6-3-4-7-11(9)13-12-10/h2-7,10H,1,8H2. The van der Waals surface area contributed by atoms with Crippen LogP contribution in [-0.2, 0) is 11.3 Å². The van der Waals surface area contributed by atoms with Crippen LogP contribution >= 0.6 is 0 Å². The van der Waals surface area contributed by atoms with Gasteiger partial charge in [0.2, 0.25) is 0 Å². The first kappa shape index (κ1) is 8.32. The van der Waals surface area contributed by atoms with Crippen molar-refractivity contribution < 1.29 is 9.78 Å². The van der Waals surface area contributed by atoms with Crippen LogP contribution in [0.2, 0.25) is 0 Å². The van der Waals surface area contributed by atoms with Crippen molar-refractivity contribution in [3.05, 3.63) is 48.9 Å². The summed E-state index contributed by atoms with van der Waals surface area (Å²) in [4.78, 5) is 10.2. The highest BCUT2D eigenvalue weighted by Gasteiger charge is 2.19. The average Bonchev–Trinajstić information content (AvgIpc) is 2.18. The Morgan fingerprint density at radius 1 is 1.38 bits per heavy atom. The molecule has 1 aromatic carbocycles. The number of para-hydroxylation sites is 1. The van der Waals surface area contributed by atoms with Crippen LogP contribution in [0.5, 0.6) is 5.75 Å². The minimum absolute atomic E-state index is 0.00704. The lowest BCUT2D eigenvalue weighted by molar-refractivity contribution is -0.244. The maximum Gasteiger partial charge on any atom is 0.168 e. The second kappa shape index (κ2) is 3.62. The quantitative estimate of drug-likeness (QED) is 0.642. The van der Waals surface area contributed by atoms with Crippen LogP contribution in [-0.4, -0.2) is 6.10 Å². The molecule has 2 heteroatoms. The molecule has 1 heterocycles. The van der Waals surface area contributed by atoms with E-state index < -0.39 is 0 Å². The van der Waals surface area contributed by atoms with Crippen LogP contribution in [0.1, 0.15) is 5.56 Å². The summed E-state index contributed by atoms with van der Waals surface area (Å²) in [6.07, 6.45) is 4.45. The predicted molar refractivity (Wildman–Crippen MR) is 50.1 cm³/mol. The lowest BCUT2D eigenvalue weighted by Gasteiger charge is -2.22. The zero-order valence-corrected chi connectivity index (χ0v) is 7.27. The van der Waals surface area contributed by atoms with Gasteiger partial charge in [0.15, 0.2) is 5.75 Å². The number of hydrogen-bond acceptors (Lipinski definition) is 2. The summed E-state index contributed by atoms with van der Waals surface area (Å²) < 4.78 is 0. The average molecular weight is 175 g/mol. The Balaban J connectivity index is 2.15. The first-order valence-electron chi connectivity index (χ1n) is 4.27. The molecule has 1 unspecified atom stereocenters. The molecule has 1 aliphatic heterocycles. The van der Waals surface area contributed by atoms with Gasteiger partial charge in [-0.2, -0.15) is 4.89 Å². The van der Waals surface area contributed by atoms with Gasteiger partial charge in [0.25, 0.3) is 0 Å². The minimum Gasteiger partial charge on any atom is -0.337 e. The third kappa shape index (κ3) is 1.73. The van der Waals surface area contributed by atoms with E-state index in [0.717, 1.165) is 12.2 Å². The van der Waals surface area contributed by atoms with Crippen molar-refractivity contribution >= 4 is 0 Å². The molecule has 1 aliphatic rings. The Labute approximate surface area is 77.7 Å². The second-order valence-electron chi connectivity index (χ2n) is 2.96. The van der Waals surface area contributed by atoms with Crippen LogP contribution in [0, 0.1) is 6.42 Å². The fraction of sp³-hybridized carbons (Fsp3) is 0.182. The Morgan fingerprint density at radius 3 is 3.08 bits per heavy atom. The summed E-state index contributed by atoms with van der Waals surface area (Å²) in [6, 6.07) is 7.87. The summed E-state index contributed by atoms with van der Waals surface area (Å²) in [5, 5.41) is 0. The molecule has 0 aliphatic carbocycles. The third-order valence-corrected chi connectivity index (χ3v) is 2.01. The van der Waals surface area contributed by atoms with Crippen LogP contribution in [0.15, 0.2) is 36.9 Å². The van der Waals surface area contributed by atoms with E-state index in [1.54, 1.807) is 6.08 Å². The van der Waals surface area contributed by atoms with E-state index in [1.807, 2.05) is 30.7 Å². The number of benzene rings is 1. The van der Waals surface area contributed by atoms with Gasteiger partial charge in [-0.05, 0) is 6.07 Å². The van der Waals surface area contributed by atoms with Gasteiger partial charge >= 0.3 is 0 Å². The van der Waals surface area contributed by atoms with Crippen molar-refractivity contribution in [3.63, 3.8) is 0 Å². The van der Waals surface area contributed by atoms with Crippen LogP contribution in [0.4, 0.5) is 0 Å². The van der Waals surface area contributed by atoms with Crippen molar-refractivity contribution in [1.29, 1.82) is 0 Å². The van der Waals surface area contributed by atoms with E-state index >= 15 is 0 Å². The van der Waals surface area contributed by atoms with Gasteiger partial charge in [0, 0.05) is 18.4 Å². The highest BCUT2D eigenvalue weighted by atomic mass is 17.2. The monoisotopic (exact) mass is 175 g/mol. The normalized spacial score (nSPS) is 20.2. The van der Waals surface area contributed by atoms with Crippen molar-refractivity contribution in [1.82, 2.24) is 0 Å². The molecule has 0 amide bonds. The van der Waals surface area contributed by atoms with E-state index in [2.05, 4.69) is 6.58 Å². The SMILES string of the molecule is C=C[CH]C1Cc2ccccc2OO1. The molecule has 2 nitrogen and oxygen atoms in total. The van der Waals surface area contributed by atoms with Crippen molar-refractivity contribution in [2.24, 2.45) is 0 Å². The Kier molecular flexibility index (Phi) is 2.32. The number of hydrogen-bond donors (Lipinski definition) is 0. The topological polar surface area (TPSA) is 18.5 Å². The Morgan fingerprint density at radius 2 is 2.23 bits per heavy atom. The van der Waals surface area contributed by atoms with Crippen LogP contribution < -0.4 is 4.89 Å². The summed E-state index contributed by atoms with van der Waals surface area (Å²) in [6.45, 7) is 3.62. The first-order chi connectivity index (χ1) is 6.40. The first-order valence-corrected chi connectivity index (χ1v) is 4.27. The Hall–Kier alpha value is -1.28. The van der Waals surface area contributed by atoms with Crippen molar-refractivity contribution in [2.45, 2.75) is 12.5 Å². The molecule has 13 heavy (non-hydrogen) atoms. The molecule has 1 radical (unpaired) electrons. The molecule has 2 rings (SSSR count). The zero-order valence-electron chi connectivity index (χ0n) is 7.27. The molecule has 0 saturated carbocycles. The van der Waals surface area contributed by atoms with Gasteiger partial charge in [-0.1, -0.05) is 24.3 Å². The van der Waals surface area contributed by atoms with E-state index in [9.17, 15) is 0 Å². The molecular weight excluding hydrogens is 164 g/mol. The molecule has 0 fully saturated rings. The summed E-state index contributed by atoms with van der Waals surface area (Å²) >= 11 is 0. The van der Waals surface area contributed by atoms with E-state index in [1.165, 1.54) is 5.56 Å². The highest BCUT2D eigenvalue weighted by Crippen LogP contribution is 2.26. The van der Waals surface area contributed by atoms with Gasteiger partial charge in [-0.25, -0.2) is 0 Å². The fourth-order valence-corrected chi connectivity index (χ4v) is 1.37. The summed E-state index contributed by atoms with van der Waals surface area (Å²) in [5.41, 5.74) is 1.18. The predicted octanol–water partition coefficient (Wildman–Crippen LogP) is 2.31. The minimum atomic E-state index is -0.00704. The van der Waals surface area contributed by atoms with Crippen LogP contribution in [0.25, 0.3) is 0 Å². The lowest BCUT2D eigenvalue weighted by Crippen LogP contribution is -2.23. The molecule has 0 bridgehead atoms. The fourth-order valence-electron chi connectivity index (χ4n) is 1.37. The molecular formula is C11H11O2. The molecule has 1 atom stereocenters. The van der Waals surface area contributed by atoms with Crippen molar-refractivity contribution in [3.8, 4) is 5.75 Å². The van der Waals surface area contributed by atoms with Gasteiger partial charge in [0.1, 0.15) is 6.10 Å². The molecule has 0 N–H and O–H groups in total. The van der Waals surface area contributed by atoms with Gasteiger partial charge < -0.3 is 4.89 Å². The largest absolute Gasteiger partial charge is 0.337 e. The Bertz CT molecular complexity index is 307. The second-order valence-corrected chi connectivity index (χ2v) is 2.96. The molecule has 1 aromatic rings. The molecule has 67 valence electrons. The van der Waals surface area contributed by atoms with Gasteiger partial charge in [-0.15, -0.1) is 6.58 Å². The van der Waals surface area contributed by atoms with E-state index in [-0.39, 0.29) is 6.10 Å². The van der Waals surface area contributed by atoms with Gasteiger partial charge in [0.05, 0.1) is 0 Å². The van der Waals surface area contributed by atoms with Gasteiger partial charge in [-0.3, -0.25) is 0 Å². The molecule has 0 spiro atoms. The smallest absolute Gasteiger partial charge is 0.168 e. The zero-order chi connectivity index (χ0) is 9.10. The summed E-state index contributed by atoms with van der Waals surface area (Å²) in [5.74, 6) is 0.816. The maximum atomic E-state index is 5.12. The molecule has 0 saturated heterocycles. The lowest BCUT2D eigenvalue weighted by atomic mass is 10.0. The van der Waals surface area contributed by atoms with E-state index in [0.29, 0.717) is 0 Å². The van der Waals surface area contributed by atoms with Crippen LogP contribution in [0.3, 0.4) is 0 Å². The highest BCUT2D eigenvalue weighted by molar-refractivity contribution is 5.34. The molecule has 0 aromatic heterocycles.